The molecule has 0 aliphatic rings. The highest BCUT2D eigenvalue weighted by molar-refractivity contribution is 6.30. The number of anilines is 1. The average Bonchev–Trinajstić information content (AvgIpc) is 3.12. The second kappa shape index (κ2) is 8.73. The summed E-state index contributed by atoms with van der Waals surface area (Å²) in [5.41, 5.74) is 3.32. The van der Waals surface area contributed by atoms with Crippen LogP contribution in [-0.4, -0.2) is 25.5 Å². The van der Waals surface area contributed by atoms with Crippen LogP contribution in [0, 0.1) is 13.8 Å². The van der Waals surface area contributed by atoms with Gasteiger partial charge in [0.2, 0.25) is 5.91 Å². The zero-order valence-electron chi connectivity index (χ0n) is 17.3. The van der Waals surface area contributed by atoms with Crippen LogP contribution in [-0.2, 0) is 11.3 Å². The number of aryl methyl sites for hydroxylation is 3. The summed E-state index contributed by atoms with van der Waals surface area (Å²) in [6.45, 7) is 4.14. The number of halogens is 1. The Morgan fingerprint density at radius 3 is 2.45 bits per heavy atom. The molecule has 0 radical (unpaired) electrons. The predicted molar refractivity (Wildman–Crippen MR) is 122 cm³/mol. The van der Waals surface area contributed by atoms with E-state index in [1.807, 2.05) is 44.2 Å². The average molecular weight is 436 g/mol. The molecule has 8 heteroatoms. The number of hydrogen-bond donors (Lipinski definition) is 1. The maximum absolute atomic E-state index is 13.0. The van der Waals surface area contributed by atoms with Gasteiger partial charge in [-0.05, 0) is 56.7 Å². The minimum atomic E-state index is -0.253. The minimum absolute atomic E-state index is 0.127. The lowest BCUT2D eigenvalue weighted by atomic mass is 10.2. The minimum Gasteiger partial charge on any atom is -0.326 e. The van der Waals surface area contributed by atoms with E-state index in [0.29, 0.717) is 29.2 Å². The van der Waals surface area contributed by atoms with Gasteiger partial charge in [-0.2, -0.15) is 10.2 Å². The highest BCUT2D eigenvalue weighted by Crippen LogP contribution is 2.21. The molecule has 0 aliphatic carbocycles. The molecule has 2 aromatic heterocycles. The van der Waals surface area contributed by atoms with Gasteiger partial charge in [-0.15, -0.1) is 0 Å². The van der Waals surface area contributed by atoms with Crippen LogP contribution in [0.5, 0.6) is 0 Å². The molecule has 31 heavy (non-hydrogen) atoms. The molecular weight excluding hydrogens is 414 g/mol. The summed E-state index contributed by atoms with van der Waals surface area (Å²) < 4.78 is 3.17. The first-order chi connectivity index (χ1) is 14.9. The molecule has 1 N–H and O–H groups in total. The van der Waals surface area contributed by atoms with Crippen LogP contribution in [0.15, 0.2) is 59.4 Å². The Hall–Kier alpha value is -3.45. The number of nitrogens with one attached hydrogen (secondary N) is 1. The SMILES string of the molecule is Cc1nn(CCCC(=O)Nc2ccc(Cl)cc2)c(=O)c2nn(-c3ccccc3)c(C)c12. The van der Waals surface area contributed by atoms with Gasteiger partial charge in [0.05, 0.1) is 22.5 Å². The topological polar surface area (TPSA) is 81.8 Å². The lowest BCUT2D eigenvalue weighted by Gasteiger charge is -2.07. The van der Waals surface area contributed by atoms with Gasteiger partial charge in [0.1, 0.15) is 0 Å². The lowest BCUT2D eigenvalue weighted by Crippen LogP contribution is -2.25. The quantitative estimate of drug-likeness (QED) is 0.490. The first-order valence-corrected chi connectivity index (χ1v) is 10.4. The van der Waals surface area contributed by atoms with Gasteiger partial charge in [-0.3, -0.25) is 9.59 Å². The van der Waals surface area contributed by atoms with Crippen molar-refractivity contribution in [3.8, 4) is 5.69 Å². The van der Waals surface area contributed by atoms with E-state index in [1.54, 1.807) is 28.9 Å². The summed E-state index contributed by atoms with van der Waals surface area (Å²) in [7, 11) is 0. The van der Waals surface area contributed by atoms with Crippen molar-refractivity contribution in [2.24, 2.45) is 0 Å². The van der Waals surface area contributed by atoms with Crippen LogP contribution < -0.4 is 10.9 Å². The third-order valence-electron chi connectivity index (χ3n) is 5.09. The van der Waals surface area contributed by atoms with Crippen LogP contribution in [0.1, 0.15) is 24.2 Å². The predicted octanol–water partition coefficient (Wildman–Crippen LogP) is 4.27. The number of carbonyl (C=O) groups is 1. The molecule has 4 rings (SSSR count). The maximum atomic E-state index is 13.0. The zero-order valence-corrected chi connectivity index (χ0v) is 18.1. The van der Waals surface area contributed by atoms with E-state index in [1.165, 1.54) is 4.68 Å². The third kappa shape index (κ3) is 4.36. The van der Waals surface area contributed by atoms with Crippen LogP contribution in [0.25, 0.3) is 16.6 Å². The summed E-state index contributed by atoms with van der Waals surface area (Å²) in [6, 6.07) is 16.6. The van der Waals surface area contributed by atoms with Crippen molar-refractivity contribution in [1.82, 2.24) is 19.6 Å². The molecule has 1 amide bonds. The number of nitrogens with zero attached hydrogens (tertiary/aromatic N) is 4. The van der Waals surface area contributed by atoms with E-state index < -0.39 is 0 Å². The molecule has 0 fully saturated rings. The Labute approximate surface area is 184 Å². The number of para-hydroxylation sites is 1. The van der Waals surface area contributed by atoms with Crippen molar-refractivity contribution in [3.05, 3.63) is 81.4 Å². The second-order valence-corrected chi connectivity index (χ2v) is 7.77. The summed E-state index contributed by atoms with van der Waals surface area (Å²) >= 11 is 5.86. The Morgan fingerprint density at radius 2 is 1.74 bits per heavy atom. The number of amides is 1. The largest absolute Gasteiger partial charge is 0.326 e. The molecule has 0 saturated heterocycles. The van der Waals surface area contributed by atoms with E-state index >= 15 is 0 Å². The monoisotopic (exact) mass is 435 g/mol. The number of rotatable bonds is 6. The van der Waals surface area contributed by atoms with Crippen LogP contribution in [0.3, 0.4) is 0 Å². The fourth-order valence-electron chi connectivity index (χ4n) is 3.60. The van der Waals surface area contributed by atoms with E-state index in [9.17, 15) is 9.59 Å². The highest BCUT2D eigenvalue weighted by Gasteiger charge is 2.17. The van der Waals surface area contributed by atoms with E-state index in [4.69, 9.17) is 11.6 Å². The smallest absolute Gasteiger partial charge is 0.295 e. The number of hydrogen-bond acceptors (Lipinski definition) is 4. The van der Waals surface area contributed by atoms with E-state index in [0.717, 1.165) is 22.5 Å². The fraction of sp³-hybridized carbons (Fsp3) is 0.217. The van der Waals surface area contributed by atoms with Crippen molar-refractivity contribution < 1.29 is 4.79 Å². The molecule has 2 aromatic carbocycles. The molecule has 7 nitrogen and oxygen atoms in total. The number of benzene rings is 2. The van der Waals surface area contributed by atoms with E-state index in [-0.39, 0.29) is 17.9 Å². The molecule has 4 aromatic rings. The fourth-order valence-corrected chi connectivity index (χ4v) is 3.73. The van der Waals surface area contributed by atoms with Gasteiger partial charge in [-0.25, -0.2) is 9.36 Å². The first-order valence-electron chi connectivity index (χ1n) is 10.0. The van der Waals surface area contributed by atoms with Crippen LogP contribution in [0.2, 0.25) is 5.02 Å². The van der Waals surface area contributed by atoms with Crippen molar-refractivity contribution in [2.75, 3.05) is 5.32 Å². The molecule has 0 bridgehead atoms. The van der Waals surface area contributed by atoms with Gasteiger partial charge in [-0.1, -0.05) is 29.8 Å². The molecule has 2 heterocycles. The Balaban J connectivity index is 1.51. The molecule has 0 saturated carbocycles. The lowest BCUT2D eigenvalue weighted by molar-refractivity contribution is -0.116. The zero-order chi connectivity index (χ0) is 22.0. The van der Waals surface area contributed by atoms with Crippen molar-refractivity contribution >= 4 is 34.1 Å². The molecule has 0 unspecified atom stereocenters. The number of fused-ring (bicyclic) bond motifs is 1. The second-order valence-electron chi connectivity index (χ2n) is 7.33. The van der Waals surface area contributed by atoms with Crippen molar-refractivity contribution in [3.63, 3.8) is 0 Å². The van der Waals surface area contributed by atoms with Crippen LogP contribution in [0.4, 0.5) is 5.69 Å². The Kier molecular flexibility index (Phi) is 5.86. The summed E-state index contributed by atoms with van der Waals surface area (Å²) in [5, 5.41) is 13.2. The summed E-state index contributed by atoms with van der Waals surface area (Å²) in [5.74, 6) is -0.127. The summed E-state index contributed by atoms with van der Waals surface area (Å²) in [4.78, 5) is 25.2. The molecule has 0 aliphatic heterocycles. The summed E-state index contributed by atoms with van der Waals surface area (Å²) in [6.07, 6.45) is 0.751. The van der Waals surface area contributed by atoms with Gasteiger partial charge >= 0.3 is 0 Å². The third-order valence-corrected chi connectivity index (χ3v) is 5.34. The molecule has 0 atom stereocenters. The van der Waals surface area contributed by atoms with Crippen molar-refractivity contribution in [2.45, 2.75) is 33.2 Å². The standard InChI is InChI=1S/C23H22ClN5O2/c1-15-21-16(2)29(19-7-4-3-5-8-19)27-22(21)23(31)28(26-15)14-6-9-20(30)25-18-12-10-17(24)11-13-18/h3-5,7-8,10-13H,6,9,14H2,1-2H3,(H,25,30). The Morgan fingerprint density at radius 1 is 1.03 bits per heavy atom. The molecule has 158 valence electrons. The number of carbonyl (C=O) groups excluding carboxylic acids is 1. The van der Waals surface area contributed by atoms with E-state index in [2.05, 4.69) is 15.5 Å². The Bertz CT molecular complexity index is 1290. The first kappa shape index (κ1) is 20.8. The highest BCUT2D eigenvalue weighted by atomic mass is 35.5. The molecular formula is C23H22ClN5O2. The molecule has 0 spiro atoms. The number of aromatic nitrogens is 4. The van der Waals surface area contributed by atoms with Crippen LogP contribution >= 0.6 is 11.6 Å². The van der Waals surface area contributed by atoms with Gasteiger partial charge in [0.15, 0.2) is 5.52 Å². The maximum Gasteiger partial charge on any atom is 0.295 e. The van der Waals surface area contributed by atoms with Gasteiger partial charge in [0.25, 0.3) is 5.56 Å². The normalized spacial score (nSPS) is 11.1. The van der Waals surface area contributed by atoms with Crippen molar-refractivity contribution in [1.29, 1.82) is 0 Å². The van der Waals surface area contributed by atoms with Gasteiger partial charge < -0.3 is 5.32 Å². The van der Waals surface area contributed by atoms with Gasteiger partial charge in [0, 0.05) is 23.7 Å².